The summed E-state index contributed by atoms with van der Waals surface area (Å²) >= 11 is 0. The number of hydrogen-bond donors (Lipinski definition) is 0. The van der Waals surface area contributed by atoms with Gasteiger partial charge in [0.25, 0.3) is 0 Å². The van der Waals surface area contributed by atoms with Gasteiger partial charge in [-0.1, -0.05) is 38.5 Å². The summed E-state index contributed by atoms with van der Waals surface area (Å²) in [5, 5.41) is 35.6. The Bertz CT molecular complexity index is 226. The summed E-state index contributed by atoms with van der Waals surface area (Å²) in [5.41, 5.74) is 0. The summed E-state index contributed by atoms with van der Waals surface area (Å²) in [7, 11) is 0. The van der Waals surface area contributed by atoms with E-state index >= 15 is 0 Å². The fourth-order valence-corrected chi connectivity index (χ4v) is 1.06. The van der Waals surface area contributed by atoms with Crippen LogP contribution < -0.4 is 20.4 Å². The number of carboxylic acid groups (broad SMARTS) is 4. The summed E-state index contributed by atoms with van der Waals surface area (Å²) in [4.78, 5) is 35.6. The first-order valence-electron chi connectivity index (χ1n) is 6.63. The standard InChI is InChI=1S/C6H12.4C2H4O2.Sn/c1-2-4-6-5-3-1;4*1-2(3)4;/h1-6H2;4*1H3,(H,3,4);/q;;;;;+4/p-4. The second-order valence-corrected chi connectivity index (χ2v) is 4.09. The van der Waals surface area contributed by atoms with Gasteiger partial charge in [-0.25, -0.2) is 0 Å². The van der Waals surface area contributed by atoms with Crippen LogP contribution in [0, 0.1) is 0 Å². The van der Waals surface area contributed by atoms with E-state index in [1.165, 1.54) is 38.5 Å². The molecule has 0 saturated heterocycles. The van der Waals surface area contributed by atoms with Crippen molar-refractivity contribution in [1.29, 1.82) is 0 Å². The third-order valence-electron chi connectivity index (χ3n) is 1.50. The molecule has 1 rings (SSSR count). The Hall–Kier alpha value is -1.32. The van der Waals surface area contributed by atoms with E-state index < -0.39 is 23.9 Å². The average molecular weight is 439 g/mol. The summed E-state index contributed by atoms with van der Waals surface area (Å²) in [6.07, 6.45) is 9.00. The summed E-state index contributed by atoms with van der Waals surface area (Å²) < 4.78 is 0. The molecule has 8 nitrogen and oxygen atoms in total. The molecule has 23 heavy (non-hydrogen) atoms. The molecule has 1 fully saturated rings. The van der Waals surface area contributed by atoms with Gasteiger partial charge >= 0.3 is 23.9 Å². The zero-order valence-electron chi connectivity index (χ0n) is 14.0. The van der Waals surface area contributed by atoms with Crippen LogP contribution in [0.4, 0.5) is 0 Å². The van der Waals surface area contributed by atoms with E-state index in [4.69, 9.17) is 39.6 Å². The third-order valence-corrected chi connectivity index (χ3v) is 1.50. The molecule has 1 aliphatic carbocycles. The normalized spacial score (nSPS) is 10.6. The van der Waals surface area contributed by atoms with Gasteiger partial charge in [0.2, 0.25) is 0 Å². The molecule has 0 aromatic carbocycles. The smallest absolute Gasteiger partial charge is 0.550 e. The van der Waals surface area contributed by atoms with Crippen molar-refractivity contribution in [3.8, 4) is 0 Å². The molecule has 0 spiro atoms. The second kappa shape index (κ2) is 28.8. The van der Waals surface area contributed by atoms with Gasteiger partial charge in [-0.15, -0.1) is 0 Å². The Labute approximate surface area is 153 Å². The van der Waals surface area contributed by atoms with E-state index in [9.17, 15) is 0 Å². The quantitative estimate of drug-likeness (QED) is 0.361. The van der Waals surface area contributed by atoms with Gasteiger partial charge in [-0.3, -0.25) is 0 Å². The van der Waals surface area contributed by atoms with Crippen molar-refractivity contribution in [2.24, 2.45) is 0 Å². The molecule has 0 bridgehead atoms. The second-order valence-electron chi connectivity index (χ2n) is 4.09. The van der Waals surface area contributed by atoms with Gasteiger partial charge in [-0.2, -0.15) is 0 Å². The largest absolute Gasteiger partial charge is 4.00 e. The van der Waals surface area contributed by atoms with E-state index in [-0.39, 0.29) is 23.9 Å². The van der Waals surface area contributed by atoms with Gasteiger partial charge in [0.1, 0.15) is 0 Å². The number of rotatable bonds is 0. The molecule has 0 atom stereocenters. The molecule has 0 aliphatic heterocycles. The van der Waals surface area contributed by atoms with Gasteiger partial charge in [0, 0.05) is 23.9 Å². The Morgan fingerprint density at radius 1 is 0.478 bits per heavy atom. The van der Waals surface area contributed by atoms with Crippen LogP contribution in [0.25, 0.3) is 0 Å². The van der Waals surface area contributed by atoms with Crippen LogP contribution in [0.1, 0.15) is 66.2 Å². The fourth-order valence-electron chi connectivity index (χ4n) is 1.06. The van der Waals surface area contributed by atoms with E-state index in [2.05, 4.69) is 0 Å². The molecule has 1 saturated carbocycles. The van der Waals surface area contributed by atoms with Gasteiger partial charge < -0.3 is 39.6 Å². The summed E-state index contributed by atoms with van der Waals surface area (Å²) in [6.45, 7) is 3.89. The first-order chi connectivity index (χ1) is 9.93. The summed E-state index contributed by atoms with van der Waals surface area (Å²) in [5.74, 6) is -4.33. The maximum atomic E-state index is 8.89. The Kier molecular flexibility index (Phi) is 41.7. The van der Waals surface area contributed by atoms with Gasteiger partial charge in [0.15, 0.2) is 0 Å². The van der Waals surface area contributed by atoms with Crippen molar-refractivity contribution >= 4 is 47.8 Å². The maximum absolute atomic E-state index is 8.89. The van der Waals surface area contributed by atoms with Crippen molar-refractivity contribution in [3.05, 3.63) is 0 Å². The zero-order valence-corrected chi connectivity index (χ0v) is 16.9. The topological polar surface area (TPSA) is 161 Å². The van der Waals surface area contributed by atoms with Crippen LogP contribution in [-0.4, -0.2) is 47.8 Å². The maximum Gasteiger partial charge on any atom is 4.00 e. The third kappa shape index (κ3) is 330. The zero-order chi connectivity index (χ0) is 18.6. The van der Waals surface area contributed by atoms with Crippen LogP contribution in [0.5, 0.6) is 0 Å². The van der Waals surface area contributed by atoms with Crippen molar-refractivity contribution < 1.29 is 39.6 Å². The molecule has 0 unspecified atom stereocenters. The molecule has 0 aromatic rings. The minimum absolute atomic E-state index is 0. The monoisotopic (exact) mass is 440 g/mol. The van der Waals surface area contributed by atoms with E-state index in [0.717, 1.165) is 27.7 Å². The minimum Gasteiger partial charge on any atom is -0.550 e. The molecule has 0 N–H and O–H groups in total. The average Bonchev–Trinajstić information content (AvgIpc) is 2.28. The first-order valence-corrected chi connectivity index (χ1v) is 6.63. The van der Waals surface area contributed by atoms with Crippen molar-refractivity contribution in [2.45, 2.75) is 66.2 Å². The molecule has 0 radical (unpaired) electrons. The van der Waals surface area contributed by atoms with E-state index in [1.807, 2.05) is 0 Å². The number of aliphatic carboxylic acids is 4. The Morgan fingerprint density at radius 2 is 0.522 bits per heavy atom. The predicted octanol–water partition coefficient (Wildman–Crippen LogP) is -3.02. The molecule has 0 amide bonds. The summed E-state index contributed by atoms with van der Waals surface area (Å²) in [6, 6.07) is 0. The number of hydrogen-bond acceptors (Lipinski definition) is 8. The van der Waals surface area contributed by atoms with Crippen LogP contribution in [0.3, 0.4) is 0 Å². The van der Waals surface area contributed by atoms with Crippen LogP contribution in [-0.2, 0) is 19.2 Å². The first kappa shape index (κ1) is 33.3. The van der Waals surface area contributed by atoms with Crippen LogP contribution in [0.15, 0.2) is 0 Å². The van der Waals surface area contributed by atoms with E-state index in [1.54, 1.807) is 0 Å². The van der Waals surface area contributed by atoms with Crippen molar-refractivity contribution in [2.75, 3.05) is 0 Å². The molecular formula is C14H24O8Sn. The predicted molar refractivity (Wildman–Crippen MR) is 76.2 cm³/mol. The van der Waals surface area contributed by atoms with Crippen LogP contribution >= 0.6 is 0 Å². The molecule has 1 aliphatic rings. The molecule has 0 aromatic heterocycles. The van der Waals surface area contributed by atoms with Crippen molar-refractivity contribution in [1.82, 2.24) is 0 Å². The van der Waals surface area contributed by atoms with E-state index in [0.29, 0.717) is 0 Å². The molecular weight excluding hydrogens is 415 g/mol. The Balaban J connectivity index is -0.0000000591. The molecule has 132 valence electrons. The molecule has 9 heteroatoms. The number of carboxylic acids is 4. The van der Waals surface area contributed by atoms with Gasteiger partial charge in [-0.05, 0) is 27.7 Å². The Morgan fingerprint density at radius 3 is 0.565 bits per heavy atom. The number of carbonyl (C=O) groups excluding carboxylic acids is 4. The minimum atomic E-state index is -1.08. The van der Waals surface area contributed by atoms with Gasteiger partial charge in [0.05, 0.1) is 0 Å². The fraction of sp³-hybridized carbons (Fsp3) is 0.714. The SMILES string of the molecule is C1CCCCC1.CC(=O)[O-].CC(=O)[O-].CC(=O)[O-].CC(=O)[O-].[Sn+4]. The molecule has 0 heterocycles. The number of carbonyl (C=O) groups is 4. The van der Waals surface area contributed by atoms with Crippen LogP contribution in [0.2, 0.25) is 0 Å². The van der Waals surface area contributed by atoms with Crippen molar-refractivity contribution in [3.63, 3.8) is 0 Å².